The standard InChI is InChI=1S/C22H21F3N4O/c23-22(24,25)17-8-4-6-15(12-17)13-20(30)26-18-9-5-7-16(14-18)21-28-27-19-10-2-1-3-11-29(19)21/h4-9,12,14H,1-3,10-11,13H2,(H,26,30). The largest absolute Gasteiger partial charge is 0.416 e. The first-order valence-electron chi connectivity index (χ1n) is 9.89. The van der Waals surface area contributed by atoms with Gasteiger partial charge in [-0.25, -0.2) is 0 Å². The molecule has 3 aromatic rings. The predicted octanol–water partition coefficient (Wildman–Crippen LogP) is 4.87. The highest BCUT2D eigenvalue weighted by Crippen LogP contribution is 2.30. The third-order valence-electron chi connectivity index (χ3n) is 5.13. The van der Waals surface area contributed by atoms with Gasteiger partial charge in [-0.15, -0.1) is 10.2 Å². The predicted molar refractivity (Wildman–Crippen MR) is 107 cm³/mol. The van der Waals surface area contributed by atoms with E-state index < -0.39 is 11.7 Å². The van der Waals surface area contributed by atoms with E-state index in [1.165, 1.54) is 12.1 Å². The van der Waals surface area contributed by atoms with Gasteiger partial charge in [0.2, 0.25) is 5.91 Å². The maximum absolute atomic E-state index is 12.9. The van der Waals surface area contributed by atoms with Crippen LogP contribution >= 0.6 is 0 Å². The Labute approximate surface area is 171 Å². The molecular formula is C22H21F3N4O. The number of rotatable bonds is 4. The SMILES string of the molecule is O=C(Cc1cccc(C(F)(F)F)c1)Nc1cccc(-c2nnc3n2CCCCC3)c1. The molecule has 0 unspecified atom stereocenters. The molecule has 0 saturated heterocycles. The van der Waals surface area contributed by atoms with Crippen LogP contribution in [0.1, 0.15) is 36.2 Å². The van der Waals surface area contributed by atoms with E-state index in [1.807, 2.05) is 18.2 Å². The van der Waals surface area contributed by atoms with Crippen molar-refractivity contribution >= 4 is 11.6 Å². The zero-order valence-corrected chi connectivity index (χ0v) is 16.2. The number of nitrogens with one attached hydrogen (secondary N) is 1. The van der Waals surface area contributed by atoms with Gasteiger partial charge in [-0.05, 0) is 36.6 Å². The highest BCUT2D eigenvalue weighted by atomic mass is 19.4. The highest BCUT2D eigenvalue weighted by molar-refractivity contribution is 5.92. The number of benzene rings is 2. The number of anilines is 1. The average molecular weight is 414 g/mol. The molecule has 2 aromatic carbocycles. The summed E-state index contributed by atoms with van der Waals surface area (Å²) in [6.07, 6.45) is -0.338. The number of aromatic nitrogens is 3. The first kappa shape index (κ1) is 20.1. The Bertz CT molecular complexity index is 1060. The first-order valence-corrected chi connectivity index (χ1v) is 9.89. The Morgan fingerprint density at radius 1 is 1.03 bits per heavy atom. The molecule has 1 aliphatic heterocycles. The maximum Gasteiger partial charge on any atom is 0.416 e. The van der Waals surface area contributed by atoms with Crippen LogP contribution in [-0.2, 0) is 30.4 Å². The van der Waals surface area contributed by atoms with Gasteiger partial charge in [-0.3, -0.25) is 4.79 Å². The summed E-state index contributed by atoms with van der Waals surface area (Å²) in [5.74, 6) is 1.36. The Morgan fingerprint density at radius 2 is 1.87 bits per heavy atom. The van der Waals surface area contributed by atoms with Gasteiger partial charge in [0.1, 0.15) is 5.82 Å². The van der Waals surface area contributed by atoms with Crippen molar-refractivity contribution in [2.75, 3.05) is 5.32 Å². The van der Waals surface area contributed by atoms with Crippen LogP contribution in [0.2, 0.25) is 0 Å². The van der Waals surface area contributed by atoms with Crippen LogP contribution in [0.4, 0.5) is 18.9 Å². The number of fused-ring (bicyclic) bond motifs is 1. The number of carbonyl (C=O) groups is 1. The van der Waals surface area contributed by atoms with Gasteiger partial charge in [-0.1, -0.05) is 36.8 Å². The Kier molecular flexibility index (Phi) is 5.57. The van der Waals surface area contributed by atoms with E-state index in [0.29, 0.717) is 11.3 Å². The minimum absolute atomic E-state index is 0.144. The molecule has 1 aromatic heterocycles. The number of halogens is 3. The van der Waals surface area contributed by atoms with Gasteiger partial charge in [0.25, 0.3) is 0 Å². The highest BCUT2D eigenvalue weighted by Gasteiger charge is 2.30. The Morgan fingerprint density at radius 3 is 2.70 bits per heavy atom. The van der Waals surface area contributed by atoms with Crippen molar-refractivity contribution in [3.63, 3.8) is 0 Å². The van der Waals surface area contributed by atoms with E-state index in [1.54, 1.807) is 6.07 Å². The molecule has 156 valence electrons. The van der Waals surface area contributed by atoms with Crippen molar-refractivity contribution in [1.82, 2.24) is 14.8 Å². The molecule has 0 saturated carbocycles. The minimum atomic E-state index is -4.43. The molecule has 2 heterocycles. The van der Waals surface area contributed by atoms with Crippen LogP contribution in [0, 0.1) is 0 Å². The fourth-order valence-corrected chi connectivity index (χ4v) is 3.68. The lowest BCUT2D eigenvalue weighted by molar-refractivity contribution is -0.137. The van der Waals surface area contributed by atoms with Gasteiger partial charge >= 0.3 is 6.18 Å². The molecule has 1 aliphatic rings. The van der Waals surface area contributed by atoms with Crippen molar-refractivity contribution in [2.24, 2.45) is 0 Å². The second-order valence-corrected chi connectivity index (χ2v) is 7.41. The van der Waals surface area contributed by atoms with E-state index in [2.05, 4.69) is 20.1 Å². The summed E-state index contributed by atoms with van der Waals surface area (Å²) in [7, 11) is 0. The Hall–Kier alpha value is -3.16. The third kappa shape index (κ3) is 4.53. The summed E-state index contributed by atoms with van der Waals surface area (Å²) in [5, 5.41) is 11.4. The Balaban J connectivity index is 1.49. The molecule has 0 radical (unpaired) electrons. The van der Waals surface area contributed by atoms with Gasteiger partial charge in [0.05, 0.1) is 12.0 Å². The molecular weight excluding hydrogens is 393 g/mol. The van der Waals surface area contributed by atoms with Gasteiger partial charge < -0.3 is 9.88 Å². The lowest BCUT2D eigenvalue weighted by atomic mass is 10.1. The number of aryl methyl sites for hydroxylation is 1. The minimum Gasteiger partial charge on any atom is -0.326 e. The van der Waals surface area contributed by atoms with E-state index in [-0.39, 0.29) is 12.3 Å². The van der Waals surface area contributed by atoms with Crippen molar-refractivity contribution in [2.45, 2.75) is 44.8 Å². The smallest absolute Gasteiger partial charge is 0.326 e. The molecule has 4 rings (SSSR count). The van der Waals surface area contributed by atoms with E-state index in [9.17, 15) is 18.0 Å². The van der Waals surface area contributed by atoms with E-state index in [0.717, 1.165) is 61.6 Å². The van der Waals surface area contributed by atoms with E-state index in [4.69, 9.17) is 0 Å². The average Bonchev–Trinajstić information content (AvgIpc) is 2.96. The monoisotopic (exact) mass is 414 g/mol. The molecule has 0 atom stereocenters. The summed E-state index contributed by atoms with van der Waals surface area (Å²) in [4.78, 5) is 12.4. The van der Waals surface area contributed by atoms with Gasteiger partial charge in [-0.2, -0.15) is 13.2 Å². The summed E-state index contributed by atoms with van der Waals surface area (Å²) < 4.78 is 40.7. The lowest BCUT2D eigenvalue weighted by Crippen LogP contribution is -2.15. The summed E-state index contributed by atoms with van der Waals surface area (Å²) in [6, 6.07) is 12.1. The molecule has 8 heteroatoms. The van der Waals surface area contributed by atoms with E-state index >= 15 is 0 Å². The second kappa shape index (κ2) is 8.30. The quantitative estimate of drug-likeness (QED) is 0.663. The van der Waals surface area contributed by atoms with Crippen molar-refractivity contribution in [3.8, 4) is 11.4 Å². The molecule has 0 bridgehead atoms. The molecule has 5 nitrogen and oxygen atoms in total. The fraction of sp³-hybridized carbons (Fsp3) is 0.318. The normalized spacial score (nSPS) is 14.1. The topological polar surface area (TPSA) is 59.8 Å². The molecule has 0 spiro atoms. The number of hydrogen-bond donors (Lipinski definition) is 1. The molecule has 0 aliphatic carbocycles. The van der Waals surface area contributed by atoms with Crippen LogP contribution in [-0.4, -0.2) is 20.7 Å². The summed E-state index contributed by atoms with van der Waals surface area (Å²) >= 11 is 0. The molecule has 0 fully saturated rings. The summed E-state index contributed by atoms with van der Waals surface area (Å²) in [6.45, 7) is 0.865. The van der Waals surface area contributed by atoms with Crippen LogP contribution in [0.3, 0.4) is 0 Å². The fourth-order valence-electron chi connectivity index (χ4n) is 3.68. The van der Waals surface area contributed by atoms with Crippen molar-refractivity contribution in [3.05, 3.63) is 65.5 Å². The maximum atomic E-state index is 12.9. The molecule has 1 amide bonds. The zero-order chi connectivity index (χ0) is 21.1. The van der Waals surface area contributed by atoms with Crippen molar-refractivity contribution < 1.29 is 18.0 Å². The summed E-state index contributed by atoms with van der Waals surface area (Å²) in [5.41, 5.74) is 0.950. The number of alkyl halides is 3. The first-order chi connectivity index (χ1) is 14.4. The lowest BCUT2D eigenvalue weighted by Gasteiger charge is -2.11. The van der Waals surface area contributed by atoms with Crippen LogP contribution in [0.15, 0.2) is 48.5 Å². The second-order valence-electron chi connectivity index (χ2n) is 7.41. The molecule has 30 heavy (non-hydrogen) atoms. The number of carbonyl (C=O) groups excluding carboxylic acids is 1. The van der Waals surface area contributed by atoms with Gasteiger partial charge in [0, 0.05) is 24.2 Å². The van der Waals surface area contributed by atoms with Crippen LogP contribution < -0.4 is 5.32 Å². The number of nitrogens with zero attached hydrogens (tertiary/aromatic N) is 3. The van der Waals surface area contributed by atoms with Crippen LogP contribution in [0.25, 0.3) is 11.4 Å². The van der Waals surface area contributed by atoms with Crippen molar-refractivity contribution in [1.29, 1.82) is 0 Å². The van der Waals surface area contributed by atoms with Crippen LogP contribution in [0.5, 0.6) is 0 Å². The zero-order valence-electron chi connectivity index (χ0n) is 16.2. The number of amides is 1. The van der Waals surface area contributed by atoms with Gasteiger partial charge in [0.15, 0.2) is 5.82 Å². The number of hydrogen-bond acceptors (Lipinski definition) is 3. The molecule has 1 N–H and O–H groups in total. The third-order valence-corrected chi connectivity index (χ3v) is 5.13.